The standard InChI is InChI=1S/C8H10BrNO.ClH/c9-7-3-1-2-6(4-7)8(11)5-10;/h1-4,8,11H,5,10H2;1H/t8-;/m0./s1. The third-order valence-electron chi connectivity index (χ3n) is 1.46. The van der Waals surface area contributed by atoms with Crippen LogP contribution in [0.15, 0.2) is 28.7 Å². The first kappa shape index (κ1) is 11.9. The highest BCUT2D eigenvalue weighted by Gasteiger charge is 2.03. The van der Waals surface area contributed by atoms with Crippen molar-refractivity contribution >= 4 is 28.3 Å². The van der Waals surface area contributed by atoms with Crippen LogP contribution in [0.25, 0.3) is 0 Å². The molecule has 0 saturated carbocycles. The van der Waals surface area contributed by atoms with E-state index in [0.717, 1.165) is 10.0 Å². The molecule has 0 heterocycles. The van der Waals surface area contributed by atoms with Crippen LogP contribution >= 0.6 is 28.3 Å². The summed E-state index contributed by atoms with van der Waals surface area (Å²) in [5, 5.41) is 9.31. The number of rotatable bonds is 2. The van der Waals surface area contributed by atoms with E-state index in [4.69, 9.17) is 5.73 Å². The lowest BCUT2D eigenvalue weighted by Gasteiger charge is -2.07. The molecule has 0 bridgehead atoms. The van der Waals surface area contributed by atoms with Gasteiger partial charge in [-0.15, -0.1) is 12.4 Å². The third-order valence-corrected chi connectivity index (χ3v) is 1.95. The van der Waals surface area contributed by atoms with Crippen LogP contribution in [0.1, 0.15) is 11.7 Å². The van der Waals surface area contributed by atoms with Gasteiger partial charge in [0.05, 0.1) is 6.10 Å². The van der Waals surface area contributed by atoms with Crippen LogP contribution in [-0.4, -0.2) is 11.7 Å². The van der Waals surface area contributed by atoms with Gasteiger partial charge in [-0.25, -0.2) is 0 Å². The Kier molecular flexibility index (Phi) is 5.50. The van der Waals surface area contributed by atoms with Crippen LogP contribution in [-0.2, 0) is 0 Å². The fourth-order valence-corrected chi connectivity index (χ4v) is 1.27. The van der Waals surface area contributed by atoms with Crippen LogP contribution in [0.5, 0.6) is 0 Å². The van der Waals surface area contributed by atoms with E-state index in [2.05, 4.69) is 15.9 Å². The van der Waals surface area contributed by atoms with Crippen LogP contribution < -0.4 is 5.73 Å². The largest absolute Gasteiger partial charge is 0.387 e. The number of nitrogens with two attached hydrogens (primary N) is 1. The third kappa shape index (κ3) is 3.11. The predicted molar refractivity (Wildman–Crippen MR) is 55.4 cm³/mol. The van der Waals surface area contributed by atoms with E-state index in [1.54, 1.807) is 0 Å². The molecule has 0 fully saturated rings. The Hall–Kier alpha value is -0.0900. The lowest BCUT2D eigenvalue weighted by Crippen LogP contribution is -2.11. The summed E-state index contributed by atoms with van der Waals surface area (Å²) in [6.07, 6.45) is -0.549. The van der Waals surface area contributed by atoms with Crippen molar-refractivity contribution in [1.82, 2.24) is 0 Å². The van der Waals surface area contributed by atoms with Crippen LogP contribution in [0.2, 0.25) is 0 Å². The van der Waals surface area contributed by atoms with Crippen molar-refractivity contribution in [2.45, 2.75) is 6.10 Å². The molecule has 0 spiro atoms. The maximum Gasteiger partial charge on any atom is 0.0912 e. The lowest BCUT2D eigenvalue weighted by molar-refractivity contribution is 0.186. The van der Waals surface area contributed by atoms with Gasteiger partial charge in [-0.1, -0.05) is 28.1 Å². The monoisotopic (exact) mass is 251 g/mol. The molecule has 0 radical (unpaired) electrons. The molecule has 2 nitrogen and oxygen atoms in total. The van der Waals surface area contributed by atoms with Gasteiger partial charge in [0.25, 0.3) is 0 Å². The summed E-state index contributed by atoms with van der Waals surface area (Å²) in [6.45, 7) is 0.260. The average molecular weight is 253 g/mol. The van der Waals surface area contributed by atoms with Gasteiger partial charge in [0.15, 0.2) is 0 Å². The second-order valence-electron chi connectivity index (χ2n) is 2.31. The number of aliphatic hydroxyl groups is 1. The van der Waals surface area contributed by atoms with E-state index in [-0.39, 0.29) is 19.0 Å². The average Bonchev–Trinajstić information content (AvgIpc) is 2.03. The Labute approximate surface area is 86.3 Å². The van der Waals surface area contributed by atoms with E-state index in [0.29, 0.717) is 0 Å². The van der Waals surface area contributed by atoms with Crippen LogP contribution in [0.4, 0.5) is 0 Å². The second kappa shape index (κ2) is 5.54. The summed E-state index contributed by atoms with van der Waals surface area (Å²) in [5.41, 5.74) is 6.14. The van der Waals surface area contributed by atoms with Crippen molar-refractivity contribution in [2.75, 3.05) is 6.54 Å². The number of benzene rings is 1. The van der Waals surface area contributed by atoms with Crippen molar-refractivity contribution in [1.29, 1.82) is 0 Å². The van der Waals surface area contributed by atoms with Crippen molar-refractivity contribution in [2.24, 2.45) is 5.73 Å². The van der Waals surface area contributed by atoms with E-state index in [1.165, 1.54) is 0 Å². The molecule has 3 N–H and O–H groups in total. The predicted octanol–water partition coefficient (Wildman–Crippen LogP) is 1.86. The highest BCUT2D eigenvalue weighted by Crippen LogP contribution is 2.16. The smallest absolute Gasteiger partial charge is 0.0912 e. The molecule has 68 valence electrons. The fourth-order valence-electron chi connectivity index (χ4n) is 0.850. The van der Waals surface area contributed by atoms with E-state index in [9.17, 15) is 5.11 Å². The quantitative estimate of drug-likeness (QED) is 0.844. The Morgan fingerprint density at radius 2 is 2.17 bits per heavy atom. The first-order chi connectivity index (χ1) is 5.24. The van der Waals surface area contributed by atoms with Crippen molar-refractivity contribution in [3.63, 3.8) is 0 Å². The Bertz CT molecular complexity index is 244. The Morgan fingerprint density at radius 1 is 1.50 bits per heavy atom. The van der Waals surface area contributed by atoms with Gasteiger partial charge in [0.1, 0.15) is 0 Å². The van der Waals surface area contributed by atoms with E-state index >= 15 is 0 Å². The van der Waals surface area contributed by atoms with Crippen molar-refractivity contribution in [3.8, 4) is 0 Å². The fraction of sp³-hybridized carbons (Fsp3) is 0.250. The number of halogens is 2. The van der Waals surface area contributed by atoms with E-state index in [1.807, 2.05) is 24.3 Å². The zero-order valence-electron chi connectivity index (χ0n) is 6.40. The second-order valence-corrected chi connectivity index (χ2v) is 3.22. The SMILES string of the molecule is Cl.NC[C@H](O)c1cccc(Br)c1. The van der Waals surface area contributed by atoms with Crippen molar-refractivity contribution in [3.05, 3.63) is 34.3 Å². The summed E-state index contributed by atoms with van der Waals surface area (Å²) in [7, 11) is 0. The molecule has 1 atom stereocenters. The first-order valence-corrected chi connectivity index (χ1v) is 4.17. The lowest BCUT2D eigenvalue weighted by atomic mass is 10.1. The molecule has 0 amide bonds. The van der Waals surface area contributed by atoms with Gasteiger partial charge in [-0.3, -0.25) is 0 Å². The first-order valence-electron chi connectivity index (χ1n) is 3.37. The minimum absolute atomic E-state index is 0. The molecular weight excluding hydrogens is 241 g/mol. The van der Waals surface area contributed by atoms with Gasteiger partial charge in [0.2, 0.25) is 0 Å². The molecule has 0 aliphatic heterocycles. The molecule has 1 aromatic carbocycles. The van der Waals surface area contributed by atoms with Crippen molar-refractivity contribution < 1.29 is 5.11 Å². The number of hydrogen-bond donors (Lipinski definition) is 2. The van der Waals surface area contributed by atoms with Crippen LogP contribution in [0.3, 0.4) is 0 Å². The molecule has 0 aromatic heterocycles. The highest BCUT2D eigenvalue weighted by atomic mass is 79.9. The zero-order chi connectivity index (χ0) is 8.27. The van der Waals surface area contributed by atoms with Crippen LogP contribution in [0, 0.1) is 0 Å². The summed E-state index contributed by atoms with van der Waals surface area (Å²) < 4.78 is 0.961. The normalized spacial score (nSPS) is 11.9. The molecule has 0 unspecified atom stereocenters. The van der Waals surface area contributed by atoms with Gasteiger partial charge < -0.3 is 10.8 Å². The summed E-state index contributed by atoms with van der Waals surface area (Å²) >= 11 is 3.31. The van der Waals surface area contributed by atoms with Gasteiger partial charge >= 0.3 is 0 Å². The molecule has 4 heteroatoms. The number of hydrogen-bond acceptors (Lipinski definition) is 2. The molecule has 1 aromatic rings. The van der Waals surface area contributed by atoms with Gasteiger partial charge in [0, 0.05) is 11.0 Å². The summed E-state index contributed by atoms with van der Waals surface area (Å²) in [5.74, 6) is 0. The molecule has 0 aliphatic rings. The molecular formula is C8H11BrClNO. The number of aliphatic hydroxyl groups excluding tert-OH is 1. The molecule has 12 heavy (non-hydrogen) atoms. The maximum atomic E-state index is 9.31. The zero-order valence-corrected chi connectivity index (χ0v) is 8.81. The van der Waals surface area contributed by atoms with Gasteiger partial charge in [-0.05, 0) is 17.7 Å². The summed E-state index contributed by atoms with van der Waals surface area (Å²) in [6, 6.07) is 7.49. The maximum absolute atomic E-state index is 9.31. The highest BCUT2D eigenvalue weighted by molar-refractivity contribution is 9.10. The topological polar surface area (TPSA) is 46.2 Å². The summed E-state index contributed by atoms with van der Waals surface area (Å²) in [4.78, 5) is 0. The van der Waals surface area contributed by atoms with Gasteiger partial charge in [-0.2, -0.15) is 0 Å². The minimum Gasteiger partial charge on any atom is -0.387 e. The minimum atomic E-state index is -0.549. The Morgan fingerprint density at radius 3 is 2.67 bits per heavy atom. The molecule has 0 saturated heterocycles. The Balaban J connectivity index is 0.00000121. The molecule has 1 rings (SSSR count). The van der Waals surface area contributed by atoms with E-state index < -0.39 is 6.10 Å². The molecule has 0 aliphatic carbocycles.